The number of carboxylic acids is 1. The van der Waals surface area contributed by atoms with E-state index in [-0.39, 0.29) is 30.2 Å². The predicted molar refractivity (Wildman–Crippen MR) is 93.6 cm³/mol. The van der Waals surface area contributed by atoms with Gasteiger partial charge >= 0.3 is 12.1 Å². The second-order valence-electron chi connectivity index (χ2n) is 6.40. The quantitative estimate of drug-likeness (QED) is 0.917. The number of rotatable bonds is 4. The molecule has 1 amide bonds. The van der Waals surface area contributed by atoms with Gasteiger partial charge in [0.15, 0.2) is 0 Å². The maximum atomic E-state index is 12.4. The summed E-state index contributed by atoms with van der Waals surface area (Å²) >= 11 is 0. The van der Waals surface area contributed by atoms with E-state index < -0.39 is 5.97 Å². The molecule has 1 fully saturated rings. The van der Waals surface area contributed by atoms with Gasteiger partial charge in [-0.3, -0.25) is 0 Å². The van der Waals surface area contributed by atoms with Crippen LogP contribution in [0.1, 0.15) is 40.7 Å². The number of carbonyl (C=O) groups is 2. The van der Waals surface area contributed by atoms with Crippen molar-refractivity contribution in [2.24, 2.45) is 0 Å². The van der Waals surface area contributed by atoms with E-state index in [0.29, 0.717) is 6.54 Å². The van der Waals surface area contributed by atoms with Gasteiger partial charge in [-0.05, 0) is 36.6 Å². The van der Waals surface area contributed by atoms with Gasteiger partial charge in [0.05, 0.1) is 5.56 Å². The van der Waals surface area contributed by atoms with Crippen molar-refractivity contribution >= 4 is 12.1 Å². The molecule has 5 heteroatoms. The summed E-state index contributed by atoms with van der Waals surface area (Å²) in [6.07, 6.45) is 0.469. The highest BCUT2D eigenvalue weighted by molar-refractivity contribution is 5.87. The number of benzene rings is 2. The van der Waals surface area contributed by atoms with Gasteiger partial charge in [-0.15, -0.1) is 0 Å². The fourth-order valence-electron chi connectivity index (χ4n) is 3.25. The molecule has 1 heterocycles. The smallest absolute Gasteiger partial charge is 0.410 e. The van der Waals surface area contributed by atoms with E-state index in [1.165, 1.54) is 0 Å². The second kappa shape index (κ2) is 7.38. The van der Waals surface area contributed by atoms with Gasteiger partial charge < -0.3 is 14.7 Å². The Morgan fingerprint density at radius 3 is 2.64 bits per heavy atom. The third-order valence-electron chi connectivity index (χ3n) is 4.62. The molecule has 0 bridgehead atoms. The SMILES string of the molecule is C[C@H]1C[C@H](c2cccc(C(=O)O)c2)CN1C(=O)OCc1ccccc1. The van der Waals surface area contributed by atoms with Crippen LogP contribution in [0.3, 0.4) is 0 Å². The number of hydrogen-bond donors (Lipinski definition) is 1. The second-order valence-corrected chi connectivity index (χ2v) is 6.40. The van der Waals surface area contributed by atoms with Gasteiger partial charge in [-0.1, -0.05) is 42.5 Å². The van der Waals surface area contributed by atoms with E-state index in [2.05, 4.69) is 0 Å². The number of nitrogens with zero attached hydrogens (tertiary/aromatic N) is 1. The van der Waals surface area contributed by atoms with Crippen molar-refractivity contribution in [2.75, 3.05) is 6.54 Å². The summed E-state index contributed by atoms with van der Waals surface area (Å²) in [7, 11) is 0. The molecule has 1 saturated heterocycles. The fourth-order valence-corrected chi connectivity index (χ4v) is 3.25. The van der Waals surface area contributed by atoms with Crippen LogP contribution in [0.15, 0.2) is 54.6 Å². The van der Waals surface area contributed by atoms with Gasteiger partial charge in [0.25, 0.3) is 0 Å². The molecule has 2 aromatic rings. The van der Waals surface area contributed by atoms with E-state index in [1.54, 1.807) is 23.1 Å². The molecule has 0 aromatic heterocycles. The van der Waals surface area contributed by atoms with Crippen molar-refractivity contribution in [1.82, 2.24) is 4.90 Å². The highest BCUT2D eigenvalue weighted by atomic mass is 16.6. The van der Waals surface area contributed by atoms with Crippen LogP contribution in [0.25, 0.3) is 0 Å². The molecule has 0 unspecified atom stereocenters. The molecule has 2 aromatic carbocycles. The van der Waals surface area contributed by atoms with Crippen molar-refractivity contribution in [3.63, 3.8) is 0 Å². The zero-order valence-corrected chi connectivity index (χ0v) is 14.1. The van der Waals surface area contributed by atoms with Crippen molar-refractivity contribution < 1.29 is 19.4 Å². The minimum Gasteiger partial charge on any atom is -0.478 e. The lowest BCUT2D eigenvalue weighted by atomic mass is 9.95. The topological polar surface area (TPSA) is 66.8 Å². The molecule has 1 N–H and O–H groups in total. The molecule has 2 atom stereocenters. The van der Waals surface area contributed by atoms with E-state index in [9.17, 15) is 9.59 Å². The number of likely N-dealkylation sites (tertiary alicyclic amines) is 1. The van der Waals surface area contributed by atoms with E-state index in [1.807, 2.05) is 43.3 Å². The minimum absolute atomic E-state index is 0.0572. The first-order valence-electron chi connectivity index (χ1n) is 8.35. The monoisotopic (exact) mass is 339 g/mol. The first-order chi connectivity index (χ1) is 12.0. The molecule has 0 saturated carbocycles. The summed E-state index contributed by atoms with van der Waals surface area (Å²) in [6.45, 7) is 2.78. The molecule has 0 spiro atoms. The zero-order chi connectivity index (χ0) is 17.8. The van der Waals surface area contributed by atoms with Gasteiger partial charge in [0.2, 0.25) is 0 Å². The Kier molecular flexibility index (Phi) is 5.03. The van der Waals surface area contributed by atoms with Crippen LogP contribution in [0, 0.1) is 0 Å². The molecular weight excluding hydrogens is 318 g/mol. The molecule has 1 aliphatic heterocycles. The molecule has 130 valence electrons. The number of aromatic carboxylic acids is 1. The van der Waals surface area contributed by atoms with Crippen molar-refractivity contribution in [1.29, 1.82) is 0 Å². The Bertz CT molecular complexity index is 759. The van der Waals surface area contributed by atoms with Crippen molar-refractivity contribution in [2.45, 2.75) is 31.9 Å². The fraction of sp³-hybridized carbons (Fsp3) is 0.300. The summed E-state index contributed by atoms with van der Waals surface area (Å²) in [4.78, 5) is 25.3. The van der Waals surface area contributed by atoms with Crippen LogP contribution in [-0.2, 0) is 11.3 Å². The third-order valence-corrected chi connectivity index (χ3v) is 4.62. The highest BCUT2D eigenvalue weighted by Crippen LogP contribution is 2.32. The maximum absolute atomic E-state index is 12.4. The number of ether oxygens (including phenoxy) is 1. The van der Waals surface area contributed by atoms with Gasteiger partial charge in [-0.2, -0.15) is 0 Å². The van der Waals surface area contributed by atoms with Crippen LogP contribution >= 0.6 is 0 Å². The lowest BCUT2D eigenvalue weighted by Crippen LogP contribution is -2.34. The van der Waals surface area contributed by atoms with Crippen LogP contribution < -0.4 is 0 Å². The lowest BCUT2D eigenvalue weighted by molar-refractivity contribution is 0.0696. The van der Waals surface area contributed by atoms with Crippen molar-refractivity contribution in [3.05, 3.63) is 71.3 Å². The van der Waals surface area contributed by atoms with Gasteiger partial charge in [0, 0.05) is 18.5 Å². The van der Waals surface area contributed by atoms with Crippen LogP contribution in [-0.4, -0.2) is 34.7 Å². The minimum atomic E-state index is -0.938. The number of amides is 1. The van der Waals surface area contributed by atoms with Gasteiger partial charge in [0.1, 0.15) is 6.61 Å². The Morgan fingerprint density at radius 2 is 1.92 bits per heavy atom. The average Bonchev–Trinajstić information content (AvgIpc) is 3.02. The van der Waals surface area contributed by atoms with E-state index in [0.717, 1.165) is 17.5 Å². The molecule has 25 heavy (non-hydrogen) atoms. The first kappa shape index (κ1) is 17.0. The normalized spacial score (nSPS) is 19.6. The number of carboxylic acid groups (broad SMARTS) is 1. The molecule has 5 nitrogen and oxygen atoms in total. The molecule has 0 aliphatic carbocycles. The Morgan fingerprint density at radius 1 is 1.16 bits per heavy atom. The number of carbonyl (C=O) groups excluding carboxylic acids is 1. The van der Waals surface area contributed by atoms with Gasteiger partial charge in [-0.25, -0.2) is 9.59 Å². The molecular formula is C20H21NO4. The standard InChI is InChI=1S/C20H21NO4/c1-14-10-18(16-8-5-9-17(11-16)19(22)23)12-21(14)20(24)25-13-15-6-3-2-4-7-15/h2-9,11,14,18H,10,12-13H2,1H3,(H,22,23)/t14-,18-/m0/s1. The van der Waals surface area contributed by atoms with E-state index in [4.69, 9.17) is 9.84 Å². The average molecular weight is 339 g/mol. The third kappa shape index (κ3) is 3.99. The molecule has 3 rings (SSSR count). The van der Waals surface area contributed by atoms with Crippen LogP contribution in [0.5, 0.6) is 0 Å². The Balaban J connectivity index is 1.63. The Labute approximate surface area is 146 Å². The molecule has 0 radical (unpaired) electrons. The van der Waals surface area contributed by atoms with Crippen LogP contribution in [0.4, 0.5) is 4.79 Å². The maximum Gasteiger partial charge on any atom is 0.410 e. The summed E-state index contributed by atoms with van der Waals surface area (Å²) in [5.74, 6) is -0.814. The molecule has 1 aliphatic rings. The van der Waals surface area contributed by atoms with Crippen LogP contribution in [0.2, 0.25) is 0 Å². The highest BCUT2D eigenvalue weighted by Gasteiger charge is 2.34. The zero-order valence-electron chi connectivity index (χ0n) is 14.1. The van der Waals surface area contributed by atoms with Crippen molar-refractivity contribution in [3.8, 4) is 0 Å². The van der Waals surface area contributed by atoms with E-state index >= 15 is 0 Å². The summed E-state index contributed by atoms with van der Waals surface area (Å²) < 4.78 is 5.42. The first-order valence-corrected chi connectivity index (χ1v) is 8.35. The summed E-state index contributed by atoms with van der Waals surface area (Å²) in [5.41, 5.74) is 2.17. The predicted octanol–water partition coefficient (Wildman–Crippen LogP) is 3.90. The number of hydrogen-bond acceptors (Lipinski definition) is 3. The lowest BCUT2D eigenvalue weighted by Gasteiger charge is -2.21. The summed E-state index contributed by atoms with van der Waals surface area (Å²) in [6, 6.07) is 16.6. The summed E-state index contributed by atoms with van der Waals surface area (Å²) in [5, 5.41) is 9.14. The Hall–Kier alpha value is -2.82. The largest absolute Gasteiger partial charge is 0.478 e.